The Balaban J connectivity index is 2.78. The van der Waals surface area contributed by atoms with Crippen LogP contribution in [0.25, 0.3) is 0 Å². The van der Waals surface area contributed by atoms with Crippen molar-refractivity contribution in [1.82, 2.24) is 0 Å². The van der Waals surface area contributed by atoms with Crippen molar-refractivity contribution < 1.29 is 9.84 Å². The molecule has 12 heavy (non-hydrogen) atoms. The lowest BCUT2D eigenvalue weighted by Crippen LogP contribution is -2.10. The fourth-order valence-electron chi connectivity index (χ4n) is 0.780. The van der Waals surface area contributed by atoms with Crippen molar-refractivity contribution in [2.45, 2.75) is 0 Å². The third-order valence-corrected chi connectivity index (χ3v) is 2.12. The van der Waals surface area contributed by atoms with Gasteiger partial charge in [0.2, 0.25) is 0 Å². The molecule has 0 aliphatic rings. The van der Waals surface area contributed by atoms with Crippen LogP contribution >= 0.6 is 15.9 Å². The summed E-state index contributed by atoms with van der Waals surface area (Å²) in [7, 11) is 0. The summed E-state index contributed by atoms with van der Waals surface area (Å²) in [6.45, 7) is 0.907. The van der Waals surface area contributed by atoms with Crippen molar-refractivity contribution >= 4 is 15.9 Å². The first-order valence-electron chi connectivity index (χ1n) is 3.56. The fourth-order valence-corrected chi connectivity index (χ4v) is 1.16. The first kappa shape index (κ1) is 9.35. The Bertz CT molecular complexity index is 265. The molecular weight excluding hydrogens is 222 g/mol. The molecule has 0 atom stereocenters. The number of ether oxygens (including phenoxy) is 1. The summed E-state index contributed by atoms with van der Waals surface area (Å²) in [6, 6.07) is 5.06. The zero-order valence-corrected chi connectivity index (χ0v) is 8.04. The fraction of sp³-hybridized carbons (Fsp3) is 0.250. The summed E-state index contributed by atoms with van der Waals surface area (Å²) in [5.41, 5.74) is 5.26. The molecule has 4 heteroatoms. The molecule has 0 heterocycles. The molecule has 0 fully saturated rings. The highest BCUT2D eigenvalue weighted by atomic mass is 79.9. The summed E-state index contributed by atoms with van der Waals surface area (Å²) in [5.74, 6) is 0.782. The van der Waals surface area contributed by atoms with Gasteiger partial charge in [0.05, 0.1) is 0 Å². The number of phenolic OH excluding ortho intramolecular Hbond substituents is 1. The quantitative estimate of drug-likeness (QED) is 0.830. The number of phenols is 1. The second-order valence-electron chi connectivity index (χ2n) is 2.23. The van der Waals surface area contributed by atoms with E-state index in [9.17, 15) is 5.11 Å². The Morgan fingerprint density at radius 2 is 2.25 bits per heavy atom. The molecular formula is C8H10BrNO2. The zero-order valence-electron chi connectivity index (χ0n) is 6.46. The normalized spacial score (nSPS) is 9.83. The van der Waals surface area contributed by atoms with Gasteiger partial charge in [0.25, 0.3) is 0 Å². The maximum Gasteiger partial charge on any atom is 0.137 e. The van der Waals surface area contributed by atoms with Crippen molar-refractivity contribution in [3.63, 3.8) is 0 Å². The predicted octanol–water partition coefficient (Wildman–Crippen LogP) is 1.49. The molecule has 1 aromatic carbocycles. The first-order chi connectivity index (χ1) is 5.75. The van der Waals surface area contributed by atoms with Gasteiger partial charge in [0.15, 0.2) is 0 Å². The number of hydrogen-bond donors (Lipinski definition) is 2. The van der Waals surface area contributed by atoms with Crippen molar-refractivity contribution in [1.29, 1.82) is 0 Å². The van der Waals surface area contributed by atoms with E-state index in [1.54, 1.807) is 18.2 Å². The Labute approximate surface area is 79.3 Å². The van der Waals surface area contributed by atoms with Crippen LogP contribution in [-0.2, 0) is 0 Å². The summed E-state index contributed by atoms with van der Waals surface area (Å²) in [4.78, 5) is 0. The van der Waals surface area contributed by atoms with Gasteiger partial charge in [-0.25, -0.2) is 0 Å². The average Bonchev–Trinajstić information content (AvgIpc) is 2.08. The lowest BCUT2D eigenvalue weighted by Gasteiger charge is -2.06. The minimum absolute atomic E-state index is 0.171. The van der Waals surface area contributed by atoms with Gasteiger partial charge in [0, 0.05) is 6.54 Å². The number of rotatable bonds is 3. The standard InChI is InChI=1S/C8H10BrNO2/c9-8-6(11)2-1-3-7(8)12-5-4-10/h1-3,11H,4-5,10H2. The van der Waals surface area contributed by atoms with Crippen LogP contribution in [0.3, 0.4) is 0 Å². The van der Waals surface area contributed by atoms with E-state index in [-0.39, 0.29) is 5.75 Å². The smallest absolute Gasteiger partial charge is 0.137 e. The highest BCUT2D eigenvalue weighted by molar-refractivity contribution is 9.10. The molecule has 1 rings (SSSR count). The predicted molar refractivity (Wildman–Crippen MR) is 50.4 cm³/mol. The van der Waals surface area contributed by atoms with Crippen LogP contribution in [0.15, 0.2) is 22.7 Å². The van der Waals surface area contributed by atoms with Crippen LogP contribution in [0, 0.1) is 0 Å². The van der Waals surface area contributed by atoms with Crippen LogP contribution in [0.1, 0.15) is 0 Å². The Morgan fingerprint density at radius 1 is 1.50 bits per heavy atom. The molecule has 0 unspecified atom stereocenters. The maximum atomic E-state index is 9.24. The minimum atomic E-state index is 0.171. The van der Waals surface area contributed by atoms with E-state index in [1.807, 2.05) is 0 Å². The second kappa shape index (κ2) is 4.33. The molecule has 1 aromatic rings. The van der Waals surface area contributed by atoms with Crippen LogP contribution in [0.4, 0.5) is 0 Å². The topological polar surface area (TPSA) is 55.5 Å². The molecule has 0 saturated heterocycles. The molecule has 0 radical (unpaired) electrons. The zero-order chi connectivity index (χ0) is 8.97. The molecule has 0 aliphatic carbocycles. The van der Waals surface area contributed by atoms with Crippen molar-refractivity contribution in [2.24, 2.45) is 5.73 Å². The molecule has 0 aromatic heterocycles. The van der Waals surface area contributed by atoms with E-state index in [4.69, 9.17) is 10.5 Å². The molecule has 0 spiro atoms. The molecule has 0 aliphatic heterocycles. The third-order valence-electron chi connectivity index (χ3n) is 1.32. The Kier molecular flexibility index (Phi) is 3.37. The van der Waals surface area contributed by atoms with Gasteiger partial charge in [-0.2, -0.15) is 0 Å². The van der Waals surface area contributed by atoms with Gasteiger partial charge < -0.3 is 15.6 Å². The first-order valence-corrected chi connectivity index (χ1v) is 4.35. The average molecular weight is 232 g/mol. The molecule has 0 amide bonds. The van der Waals surface area contributed by atoms with Gasteiger partial charge in [0.1, 0.15) is 22.6 Å². The Hall–Kier alpha value is -0.740. The lowest BCUT2D eigenvalue weighted by molar-refractivity contribution is 0.323. The third kappa shape index (κ3) is 2.12. The molecule has 0 bridgehead atoms. The van der Waals surface area contributed by atoms with Gasteiger partial charge in [-0.05, 0) is 28.1 Å². The van der Waals surface area contributed by atoms with Crippen LogP contribution in [0.5, 0.6) is 11.5 Å². The highest BCUT2D eigenvalue weighted by Crippen LogP contribution is 2.32. The number of aromatic hydroxyl groups is 1. The largest absolute Gasteiger partial charge is 0.507 e. The molecule has 66 valence electrons. The van der Waals surface area contributed by atoms with E-state index >= 15 is 0 Å². The van der Waals surface area contributed by atoms with E-state index in [0.717, 1.165) is 0 Å². The van der Waals surface area contributed by atoms with Crippen LogP contribution < -0.4 is 10.5 Å². The monoisotopic (exact) mass is 231 g/mol. The van der Waals surface area contributed by atoms with Gasteiger partial charge >= 0.3 is 0 Å². The van der Waals surface area contributed by atoms with Gasteiger partial charge in [-0.15, -0.1) is 0 Å². The van der Waals surface area contributed by atoms with Crippen molar-refractivity contribution in [3.8, 4) is 11.5 Å². The van der Waals surface area contributed by atoms with Gasteiger partial charge in [-0.1, -0.05) is 6.07 Å². The Morgan fingerprint density at radius 3 is 2.92 bits per heavy atom. The van der Waals surface area contributed by atoms with Crippen LogP contribution in [0.2, 0.25) is 0 Å². The molecule has 3 N–H and O–H groups in total. The van der Waals surface area contributed by atoms with E-state index in [2.05, 4.69) is 15.9 Å². The number of hydrogen-bond acceptors (Lipinski definition) is 3. The van der Waals surface area contributed by atoms with E-state index in [1.165, 1.54) is 0 Å². The number of nitrogens with two attached hydrogens (primary N) is 1. The minimum Gasteiger partial charge on any atom is -0.507 e. The maximum absolute atomic E-state index is 9.24. The van der Waals surface area contributed by atoms with Gasteiger partial charge in [-0.3, -0.25) is 0 Å². The number of halogens is 1. The molecule has 3 nitrogen and oxygen atoms in total. The SMILES string of the molecule is NCCOc1cccc(O)c1Br. The summed E-state index contributed by atoms with van der Waals surface area (Å²) >= 11 is 3.19. The summed E-state index contributed by atoms with van der Waals surface area (Å²) < 4.78 is 5.80. The summed E-state index contributed by atoms with van der Waals surface area (Å²) in [6.07, 6.45) is 0. The molecule has 0 saturated carbocycles. The van der Waals surface area contributed by atoms with E-state index in [0.29, 0.717) is 23.4 Å². The lowest BCUT2D eigenvalue weighted by atomic mass is 10.3. The highest BCUT2D eigenvalue weighted by Gasteiger charge is 2.03. The number of benzene rings is 1. The van der Waals surface area contributed by atoms with Crippen molar-refractivity contribution in [2.75, 3.05) is 13.2 Å². The second-order valence-corrected chi connectivity index (χ2v) is 3.02. The van der Waals surface area contributed by atoms with Crippen molar-refractivity contribution in [3.05, 3.63) is 22.7 Å². The summed E-state index contributed by atoms with van der Waals surface area (Å²) in [5, 5.41) is 9.24. The van der Waals surface area contributed by atoms with Crippen LogP contribution in [-0.4, -0.2) is 18.3 Å². The van der Waals surface area contributed by atoms with E-state index < -0.39 is 0 Å².